The molecule has 0 amide bonds. The van der Waals surface area contributed by atoms with E-state index in [1.807, 2.05) is 26.8 Å². The number of hydrogen-bond donors (Lipinski definition) is 1. The third kappa shape index (κ3) is 4.88. The number of esters is 1. The zero-order valence-electron chi connectivity index (χ0n) is 16.4. The molecule has 1 N–H and O–H groups in total. The zero-order chi connectivity index (χ0) is 20.7. The van der Waals surface area contributed by atoms with Gasteiger partial charge in [-0.15, -0.1) is 0 Å². The molecule has 0 bridgehead atoms. The van der Waals surface area contributed by atoms with Gasteiger partial charge in [0.2, 0.25) is 5.88 Å². The molecule has 7 nitrogen and oxygen atoms in total. The van der Waals surface area contributed by atoms with Crippen molar-refractivity contribution in [3.63, 3.8) is 0 Å². The molecule has 0 fully saturated rings. The molecule has 0 spiro atoms. The number of nitriles is 1. The maximum atomic E-state index is 11.8. The van der Waals surface area contributed by atoms with Gasteiger partial charge >= 0.3 is 13.1 Å². The molecule has 2 aromatic rings. The second-order valence-electron chi connectivity index (χ2n) is 5.83. The molecule has 0 saturated carbocycles. The van der Waals surface area contributed by atoms with Crippen molar-refractivity contribution in [3.05, 3.63) is 47.2 Å². The van der Waals surface area contributed by atoms with Gasteiger partial charge in [0, 0.05) is 12.3 Å². The highest BCUT2D eigenvalue weighted by atomic mass is 16.5. The van der Waals surface area contributed by atoms with Crippen LogP contribution in [0.15, 0.2) is 30.5 Å². The Bertz CT molecular complexity index is 881. The van der Waals surface area contributed by atoms with Crippen LogP contribution in [0, 0.1) is 18.3 Å². The molecule has 1 aromatic heterocycles. The molecule has 1 unspecified atom stereocenters. The third-order valence-electron chi connectivity index (χ3n) is 4.02. The predicted molar refractivity (Wildman–Crippen MR) is 104 cm³/mol. The van der Waals surface area contributed by atoms with Crippen molar-refractivity contribution in [2.45, 2.75) is 40.2 Å². The number of carbonyl (C=O) groups excluding carboxylic acids is 1. The van der Waals surface area contributed by atoms with Crippen molar-refractivity contribution in [1.29, 1.82) is 5.26 Å². The van der Waals surface area contributed by atoms with E-state index >= 15 is 0 Å². The Morgan fingerprint density at radius 2 is 2.14 bits per heavy atom. The fraction of sp³-hybridized carbons (Fsp3) is 0.350. The average molecular weight is 382 g/mol. The van der Waals surface area contributed by atoms with Crippen LogP contribution in [-0.2, 0) is 14.2 Å². The van der Waals surface area contributed by atoms with Crippen LogP contribution >= 0.6 is 0 Å². The summed E-state index contributed by atoms with van der Waals surface area (Å²) in [7, 11) is -1.15. The fourth-order valence-corrected chi connectivity index (χ4v) is 2.97. The van der Waals surface area contributed by atoms with E-state index in [2.05, 4.69) is 4.98 Å². The van der Waals surface area contributed by atoms with E-state index in [1.54, 1.807) is 25.1 Å². The minimum Gasteiger partial charge on any atom is -0.466 e. The quantitative estimate of drug-likeness (QED) is 0.627. The lowest BCUT2D eigenvalue weighted by molar-refractivity contribution is -0.145. The van der Waals surface area contributed by atoms with Gasteiger partial charge in [-0.3, -0.25) is 4.79 Å². The van der Waals surface area contributed by atoms with Crippen molar-refractivity contribution in [3.8, 4) is 17.7 Å². The summed E-state index contributed by atoms with van der Waals surface area (Å²) in [5, 5.41) is 19.2. The number of hydrogen-bond acceptors (Lipinski definition) is 7. The van der Waals surface area contributed by atoms with E-state index in [0.717, 1.165) is 11.1 Å². The predicted octanol–water partition coefficient (Wildman–Crippen LogP) is 2.79. The Labute approximate surface area is 165 Å². The molecule has 0 aliphatic carbocycles. The summed E-state index contributed by atoms with van der Waals surface area (Å²) in [5.41, 5.74) is 2.56. The van der Waals surface area contributed by atoms with Gasteiger partial charge in [0.05, 0.1) is 30.8 Å². The number of fused-ring (bicyclic) bond motifs is 1. The lowest BCUT2D eigenvalue weighted by Crippen LogP contribution is -2.28. The molecular weight excluding hydrogens is 359 g/mol. The Balaban J connectivity index is 0.00000136. The van der Waals surface area contributed by atoms with Gasteiger partial charge in [-0.2, -0.15) is 5.26 Å². The van der Waals surface area contributed by atoms with Crippen LogP contribution in [0.4, 0.5) is 0 Å². The van der Waals surface area contributed by atoms with E-state index in [9.17, 15) is 9.82 Å². The van der Waals surface area contributed by atoms with Crippen LogP contribution in [0.25, 0.3) is 0 Å². The highest BCUT2D eigenvalue weighted by Crippen LogP contribution is 2.33. The van der Waals surface area contributed by atoms with Gasteiger partial charge in [-0.25, -0.2) is 4.98 Å². The van der Waals surface area contributed by atoms with Gasteiger partial charge in [-0.05, 0) is 48.6 Å². The monoisotopic (exact) mass is 382 g/mol. The summed E-state index contributed by atoms with van der Waals surface area (Å²) in [6.45, 7) is 7.88. The summed E-state index contributed by atoms with van der Waals surface area (Å²) in [6, 6.07) is 8.56. The molecule has 28 heavy (non-hydrogen) atoms. The van der Waals surface area contributed by atoms with Crippen molar-refractivity contribution >= 4 is 18.6 Å². The maximum Gasteiger partial charge on any atom is 0.492 e. The Hall–Kier alpha value is -2.89. The highest BCUT2D eigenvalue weighted by molar-refractivity contribution is 6.62. The second-order valence-corrected chi connectivity index (χ2v) is 5.83. The topological polar surface area (TPSA) is 102 Å². The van der Waals surface area contributed by atoms with E-state index in [0.29, 0.717) is 23.4 Å². The Morgan fingerprint density at radius 3 is 2.82 bits per heavy atom. The first-order valence-electron chi connectivity index (χ1n) is 9.19. The van der Waals surface area contributed by atoms with Crippen molar-refractivity contribution in [2.24, 2.45) is 0 Å². The minimum atomic E-state index is -1.15. The van der Waals surface area contributed by atoms with Gasteiger partial charge in [0.25, 0.3) is 0 Å². The van der Waals surface area contributed by atoms with Crippen LogP contribution in [0.3, 0.4) is 0 Å². The van der Waals surface area contributed by atoms with Crippen LogP contribution < -0.4 is 10.2 Å². The smallest absolute Gasteiger partial charge is 0.466 e. The molecule has 1 aliphatic heterocycles. The van der Waals surface area contributed by atoms with Crippen LogP contribution in [-0.4, -0.2) is 29.7 Å². The van der Waals surface area contributed by atoms with E-state index < -0.39 is 13.2 Å². The lowest BCUT2D eigenvalue weighted by atomic mass is 9.77. The standard InChI is InChI=1S/C18H17BN2O5.C2H6/c1-3-24-17(22)9-15-18-11(2)6-13(8-14(18)19(23)26-15)25-16-7-12(10-20)4-5-21-16;1-2/h4-8,15,23H,3,9H2,1-2H3;1-2H3. The first kappa shape index (κ1) is 21.4. The van der Waals surface area contributed by atoms with Gasteiger partial charge in [0.15, 0.2) is 0 Å². The summed E-state index contributed by atoms with van der Waals surface area (Å²) < 4.78 is 16.2. The largest absolute Gasteiger partial charge is 0.492 e. The molecule has 3 rings (SSSR count). The summed E-state index contributed by atoms with van der Waals surface area (Å²) >= 11 is 0. The number of aryl methyl sites for hydroxylation is 1. The fourth-order valence-electron chi connectivity index (χ4n) is 2.97. The lowest BCUT2D eigenvalue weighted by Gasteiger charge is -2.14. The van der Waals surface area contributed by atoms with Crippen molar-refractivity contribution in [1.82, 2.24) is 4.98 Å². The zero-order valence-corrected chi connectivity index (χ0v) is 16.4. The number of pyridine rings is 1. The first-order valence-corrected chi connectivity index (χ1v) is 9.19. The summed E-state index contributed by atoms with van der Waals surface area (Å²) in [6.07, 6.45) is 0.958. The normalized spacial score (nSPS) is 14.4. The summed E-state index contributed by atoms with van der Waals surface area (Å²) in [4.78, 5) is 15.8. The molecule has 1 aliphatic rings. The molecule has 1 aromatic carbocycles. The SMILES string of the molecule is CC.CCOC(=O)CC1OB(O)c2cc(Oc3cc(C#N)ccn3)cc(C)c21. The van der Waals surface area contributed by atoms with Crippen LogP contribution in [0.5, 0.6) is 11.6 Å². The highest BCUT2D eigenvalue weighted by Gasteiger charge is 2.38. The number of aromatic nitrogens is 1. The number of ether oxygens (including phenoxy) is 2. The van der Waals surface area contributed by atoms with E-state index in [4.69, 9.17) is 19.4 Å². The van der Waals surface area contributed by atoms with Crippen LogP contribution in [0.1, 0.15) is 50.0 Å². The Kier molecular flexibility index (Phi) is 7.56. The number of benzene rings is 1. The second kappa shape index (κ2) is 9.88. The van der Waals surface area contributed by atoms with E-state index in [-0.39, 0.29) is 18.3 Å². The molecule has 1 atom stereocenters. The molecule has 8 heteroatoms. The number of rotatable bonds is 5. The van der Waals surface area contributed by atoms with Crippen LogP contribution in [0.2, 0.25) is 0 Å². The van der Waals surface area contributed by atoms with Gasteiger partial charge < -0.3 is 19.2 Å². The minimum absolute atomic E-state index is 0.0325. The molecule has 0 saturated heterocycles. The molecule has 2 heterocycles. The maximum absolute atomic E-state index is 11.8. The Morgan fingerprint density at radius 1 is 1.39 bits per heavy atom. The van der Waals surface area contributed by atoms with Gasteiger partial charge in [-0.1, -0.05) is 13.8 Å². The number of carbonyl (C=O) groups is 1. The van der Waals surface area contributed by atoms with Gasteiger partial charge in [0.1, 0.15) is 5.75 Å². The average Bonchev–Trinajstić information content (AvgIpc) is 2.99. The van der Waals surface area contributed by atoms with Crippen molar-refractivity contribution < 1.29 is 23.9 Å². The first-order chi connectivity index (χ1) is 13.5. The number of nitrogens with zero attached hydrogens (tertiary/aromatic N) is 2. The van der Waals surface area contributed by atoms with Crippen molar-refractivity contribution in [2.75, 3.05) is 6.61 Å². The molecule has 146 valence electrons. The molecule has 0 radical (unpaired) electrons. The third-order valence-corrected chi connectivity index (χ3v) is 4.02. The van der Waals surface area contributed by atoms with E-state index in [1.165, 1.54) is 12.3 Å². The summed E-state index contributed by atoms with van der Waals surface area (Å²) in [5.74, 6) is 0.359. The molecular formula is C20H23BN2O5.